The molecule has 0 aromatic carbocycles. The van der Waals surface area contributed by atoms with Gasteiger partial charge in [0.1, 0.15) is 7.14 Å². The van der Waals surface area contributed by atoms with Gasteiger partial charge in [-0.1, -0.05) is 0 Å². The van der Waals surface area contributed by atoms with Crippen LogP contribution in [0.1, 0.15) is 38.5 Å². The van der Waals surface area contributed by atoms with Crippen molar-refractivity contribution in [3.8, 4) is 0 Å². The van der Waals surface area contributed by atoms with Gasteiger partial charge in [0.15, 0.2) is 0 Å². The van der Waals surface area contributed by atoms with Gasteiger partial charge < -0.3 is 47.2 Å². The van der Waals surface area contributed by atoms with Crippen molar-refractivity contribution < 1.29 is 47.2 Å². The zero-order chi connectivity index (χ0) is 28.0. The van der Waals surface area contributed by atoms with Crippen LogP contribution in [0.5, 0.6) is 0 Å². The first-order chi connectivity index (χ1) is 18.3. The summed E-state index contributed by atoms with van der Waals surface area (Å²) >= 11 is 0. The van der Waals surface area contributed by atoms with Crippen LogP contribution in [-0.4, -0.2) is 136 Å². The number of rotatable bonds is 12. The number of hydrogen-bond donors (Lipinski definition) is 0. The minimum Gasteiger partial charge on any atom is -0.381 e. The maximum atomic E-state index is 16.5. The van der Waals surface area contributed by atoms with Crippen LogP contribution in [0.2, 0.25) is 0 Å². The van der Waals surface area contributed by atoms with Crippen molar-refractivity contribution in [1.29, 1.82) is 0 Å². The average molecular weight is 567 g/mol. The Kier molecular flexibility index (Phi) is 12.5. The molecule has 6 atom stereocenters. The van der Waals surface area contributed by atoms with Gasteiger partial charge in [-0.25, -0.2) is 0 Å². The second-order valence-electron chi connectivity index (χ2n) is 10.9. The van der Waals surface area contributed by atoms with Crippen molar-refractivity contribution in [2.75, 3.05) is 64.0 Å². The van der Waals surface area contributed by atoms with Gasteiger partial charge in [0.05, 0.1) is 71.9 Å². The third-order valence-corrected chi connectivity index (χ3v) is 14.3. The molecule has 11 heteroatoms. The molecule has 0 spiro atoms. The molecule has 0 radical (unpaired) electrons. The normalized spacial score (nSPS) is 44.0. The standard InChI is InChI=1S/C27H51O10P/c1-29-16-10-19(32-4)25(20(11-16)33-5)38(28,26-21(34-6)12-17(30-2)13-22(26)35-7)27-23(36-8)14-18(31-3)15-24(27)37-9/h16-27H,10-15H2,1-9H3. The monoisotopic (exact) mass is 566 g/mol. The second kappa shape index (κ2) is 14.7. The van der Waals surface area contributed by atoms with Crippen LogP contribution in [-0.2, 0) is 47.2 Å². The van der Waals surface area contributed by atoms with Gasteiger partial charge in [0.25, 0.3) is 0 Å². The van der Waals surface area contributed by atoms with Gasteiger partial charge in [0.2, 0.25) is 0 Å². The first-order valence-corrected chi connectivity index (χ1v) is 15.6. The van der Waals surface area contributed by atoms with Gasteiger partial charge in [0, 0.05) is 103 Å². The predicted molar refractivity (Wildman–Crippen MR) is 144 cm³/mol. The van der Waals surface area contributed by atoms with Gasteiger partial charge in [-0.2, -0.15) is 0 Å². The largest absolute Gasteiger partial charge is 0.381 e. The Bertz CT molecular complexity index is 618. The Hall–Kier alpha value is -0.130. The molecular formula is C27H51O10P. The molecule has 3 rings (SSSR count). The maximum Gasteiger partial charge on any atom is 0.112 e. The highest BCUT2D eigenvalue weighted by atomic mass is 31.2. The van der Waals surface area contributed by atoms with E-state index in [-0.39, 0.29) is 54.9 Å². The van der Waals surface area contributed by atoms with E-state index in [4.69, 9.17) is 42.6 Å². The lowest BCUT2D eigenvalue weighted by Crippen LogP contribution is -2.61. The Morgan fingerprint density at radius 1 is 0.368 bits per heavy atom. The van der Waals surface area contributed by atoms with E-state index in [1.807, 2.05) is 0 Å². The molecule has 3 saturated carbocycles. The molecule has 3 aliphatic rings. The number of methoxy groups -OCH3 is 9. The van der Waals surface area contributed by atoms with Crippen molar-refractivity contribution in [3.63, 3.8) is 0 Å². The Morgan fingerprint density at radius 3 is 0.684 bits per heavy atom. The summed E-state index contributed by atoms with van der Waals surface area (Å²) in [6, 6.07) is 0. The zero-order valence-electron chi connectivity index (χ0n) is 24.7. The van der Waals surface area contributed by atoms with E-state index in [9.17, 15) is 0 Å². The van der Waals surface area contributed by atoms with Crippen molar-refractivity contribution in [1.82, 2.24) is 0 Å². The molecule has 3 fully saturated rings. The van der Waals surface area contributed by atoms with Gasteiger partial charge in [-0.15, -0.1) is 0 Å². The molecule has 0 aromatic rings. The molecule has 0 bridgehead atoms. The van der Waals surface area contributed by atoms with Crippen LogP contribution in [0.4, 0.5) is 0 Å². The summed E-state index contributed by atoms with van der Waals surface area (Å²) in [5, 5.41) is 0. The Morgan fingerprint density at radius 2 is 0.553 bits per heavy atom. The third kappa shape index (κ3) is 6.20. The molecule has 0 aromatic heterocycles. The second-order valence-corrected chi connectivity index (χ2v) is 14.2. The van der Waals surface area contributed by atoms with Crippen LogP contribution in [0.25, 0.3) is 0 Å². The van der Waals surface area contributed by atoms with Crippen molar-refractivity contribution in [3.05, 3.63) is 0 Å². The highest BCUT2D eigenvalue weighted by molar-refractivity contribution is 7.66. The molecule has 0 amide bonds. The highest BCUT2D eigenvalue weighted by Crippen LogP contribution is 2.70. The molecule has 3 aliphatic carbocycles. The van der Waals surface area contributed by atoms with Crippen LogP contribution in [0.3, 0.4) is 0 Å². The summed E-state index contributed by atoms with van der Waals surface area (Å²) in [5.74, 6) is 0. The first-order valence-electron chi connectivity index (χ1n) is 13.7. The Balaban J connectivity index is 2.25. The number of ether oxygens (including phenoxy) is 9. The fourth-order valence-corrected chi connectivity index (χ4v) is 13.3. The number of hydrogen-bond acceptors (Lipinski definition) is 10. The summed E-state index contributed by atoms with van der Waals surface area (Å²) in [6.45, 7) is 0. The van der Waals surface area contributed by atoms with E-state index in [1.165, 1.54) is 0 Å². The van der Waals surface area contributed by atoms with Crippen LogP contribution >= 0.6 is 7.14 Å². The summed E-state index contributed by atoms with van der Waals surface area (Å²) < 4.78 is 70.4. The topological polar surface area (TPSA) is 100 Å². The summed E-state index contributed by atoms with van der Waals surface area (Å²) in [7, 11) is 11.8. The predicted octanol–water partition coefficient (Wildman–Crippen LogP) is 2.97. The van der Waals surface area contributed by atoms with Gasteiger partial charge >= 0.3 is 0 Å². The van der Waals surface area contributed by atoms with Gasteiger partial charge in [-0.05, 0) is 0 Å². The Labute approximate surface area is 229 Å². The average Bonchev–Trinajstić information content (AvgIpc) is 2.97. The molecule has 0 saturated heterocycles. The van der Waals surface area contributed by atoms with E-state index in [0.29, 0.717) is 38.5 Å². The molecule has 38 heavy (non-hydrogen) atoms. The van der Waals surface area contributed by atoms with Crippen molar-refractivity contribution in [2.45, 2.75) is 110 Å². The first kappa shape index (κ1) is 32.4. The van der Waals surface area contributed by atoms with E-state index >= 15 is 4.57 Å². The lowest BCUT2D eigenvalue weighted by molar-refractivity contribution is -0.0852. The lowest BCUT2D eigenvalue weighted by Gasteiger charge is -2.55. The fraction of sp³-hybridized carbons (Fsp3) is 1.00. The van der Waals surface area contributed by atoms with E-state index < -0.39 is 24.1 Å². The molecule has 0 aliphatic heterocycles. The minimum atomic E-state index is -3.41. The summed E-state index contributed by atoms with van der Waals surface area (Å²) in [6.07, 6.45) is 1.42. The van der Waals surface area contributed by atoms with Crippen LogP contribution in [0.15, 0.2) is 0 Å². The fourth-order valence-electron chi connectivity index (χ4n) is 7.54. The van der Waals surface area contributed by atoms with Crippen molar-refractivity contribution >= 4 is 7.14 Å². The van der Waals surface area contributed by atoms with E-state index in [0.717, 1.165) is 0 Å². The molecule has 10 nitrogen and oxygen atoms in total. The zero-order valence-corrected chi connectivity index (χ0v) is 25.6. The minimum absolute atomic E-state index is 0.0593. The SMILES string of the molecule is COC1CC(OC)C(P(=O)(C2C(OC)CC(OC)CC2OC)C2C(OC)CC(OC)CC2OC)C(OC)C1. The quantitative estimate of drug-likeness (QED) is 0.328. The van der Waals surface area contributed by atoms with Gasteiger partial charge in [-0.3, -0.25) is 0 Å². The van der Waals surface area contributed by atoms with Crippen LogP contribution < -0.4 is 0 Å². The molecule has 0 N–H and O–H groups in total. The smallest absolute Gasteiger partial charge is 0.112 e. The molecule has 0 heterocycles. The molecule has 6 unspecified atom stereocenters. The lowest BCUT2D eigenvalue weighted by atomic mass is 9.90. The molecular weight excluding hydrogens is 515 g/mol. The maximum absolute atomic E-state index is 16.5. The van der Waals surface area contributed by atoms with Crippen molar-refractivity contribution in [2.24, 2.45) is 0 Å². The molecule has 224 valence electrons. The van der Waals surface area contributed by atoms with E-state index in [2.05, 4.69) is 0 Å². The third-order valence-electron chi connectivity index (χ3n) is 9.47. The highest BCUT2D eigenvalue weighted by Gasteiger charge is 2.64. The summed E-state index contributed by atoms with van der Waals surface area (Å²) in [4.78, 5) is 0. The van der Waals surface area contributed by atoms with Crippen LogP contribution in [0, 0.1) is 0 Å². The van der Waals surface area contributed by atoms with E-state index in [1.54, 1.807) is 64.0 Å². The summed E-state index contributed by atoms with van der Waals surface area (Å²) in [5.41, 5.74) is -1.28.